The zero-order valence-electron chi connectivity index (χ0n) is 6.46. The average Bonchev–Trinajstić information content (AvgIpc) is 2.50. The van der Waals surface area contributed by atoms with E-state index in [1.165, 1.54) is 11.0 Å². The second-order valence-electron chi connectivity index (χ2n) is 2.19. The number of thiophene rings is 1. The van der Waals surface area contributed by atoms with Gasteiger partial charge in [-0.3, -0.25) is 4.79 Å². The van der Waals surface area contributed by atoms with Crippen LogP contribution in [-0.4, -0.2) is 5.78 Å². The summed E-state index contributed by atoms with van der Waals surface area (Å²) in [7, 11) is 0. The first-order valence-electron chi connectivity index (χ1n) is 3.53. The second kappa shape index (κ2) is 3.49. The van der Waals surface area contributed by atoms with Crippen LogP contribution in [0.25, 0.3) is 0 Å². The molecule has 0 aromatic carbocycles. The lowest BCUT2D eigenvalue weighted by Gasteiger charge is -1.85. The summed E-state index contributed by atoms with van der Waals surface area (Å²) in [6, 6.07) is 3.84. The highest BCUT2D eigenvalue weighted by Crippen LogP contribution is 2.17. The van der Waals surface area contributed by atoms with Crippen molar-refractivity contribution in [3.8, 4) is 0 Å². The standard InChI is InChI=1S/C9H10OS/c1-3-7-5-6-9(11-7)8(10)4-2/h4-6H,2-3H2,1H3. The fourth-order valence-electron chi connectivity index (χ4n) is 0.801. The van der Waals surface area contributed by atoms with Crippen molar-refractivity contribution in [3.63, 3.8) is 0 Å². The highest BCUT2D eigenvalue weighted by molar-refractivity contribution is 7.14. The molecule has 1 nitrogen and oxygen atoms in total. The number of rotatable bonds is 3. The summed E-state index contributed by atoms with van der Waals surface area (Å²) >= 11 is 1.54. The lowest BCUT2D eigenvalue weighted by molar-refractivity contribution is 0.105. The van der Waals surface area contributed by atoms with Gasteiger partial charge in [0.2, 0.25) is 0 Å². The van der Waals surface area contributed by atoms with Gasteiger partial charge in [0.05, 0.1) is 4.88 Å². The van der Waals surface area contributed by atoms with Crippen molar-refractivity contribution < 1.29 is 4.79 Å². The number of aryl methyl sites for hydroxylation is 1. The minimum absolute atomic E-state index is 0.0229. The summed E-state index contributed by atoms with van der Waals surface area (Å²) in [6.07, 6.45) is 2.35. The van der Waals surface area contributed by atoms with Crippen LogP contribution in [0.5, 0.6) is 0 Å². The van der Waals surface area contributed by atoms with Crippen LogP contribution in [0.1, 0.15) is 21.5 Å². The molecule has 0 aliphatic rings. The first kappa shape index (κ1) is 8.21. The maximum atomic E-state index is 11.0. The van der Waals surface area contributed by atoms with E-state index in [0.717, 1.165) is 11.3 Å². The first-order valence-corrected chi connectivity index (χ1v) is 4.35. The number of carbonyl (C=O) groups is 1. The number of hydrogen-bond acceptors (Lipinski definition) is 2. The summed E-state index contributed by atoms with van der Waals surface area (Å²) in [5.74, 6) is 0.0229. The zero-order valence-corrected chi connectivity index (χ0v) is 7.28. The fourth-order valence-corrected chi connectivity index (χ4v) is 1.68. The van der Waals surface area contributed by atoms with Crippen LogP contribution in [0, 0.1) is 0 Å². The van der Waals surface area contributed by atoms with Gasteiger partial charge in [0.25, 0.3) is 0 Å². The summed E-state index contributed by atoms with van der Waals surface area (Å²) in [4.78, 5) is 13.1. The van der Waals surface area contributed by atoms with Crippen molar-refractivity contribution in [1.82, 2.24) is 0 Å². The van der Waals surface area contributed by atoms with Crippen molar-refractivity contribution in [2.45, 2.75) is 13.3 Å². The lowest BCUT2D eigenvalue weighted by atomic mass is 10.3. The van der Waals surface area contributed by atoms with Crippen molar-refractivity contribution in [1.29, 1.82) is 0 Å². The van der Waals surface area contributed by atoms with E-state index in [0.29, 0.717) is 0 Å². The van der Waals surface area contributed by atoms with Crippen LogP contribution in [-0.2, 0) is 6.42 Å². The topological polar surface area (TPSA) is 17.1 Å². The predicted molar refractivity (Wildman–Crippen MR) is 48.2 cm³/mol. The Kier molecular flexibility index (Phi) is 2.60. The number of allylic oxidation sites excluding steroid dienone is 1. The van der Waals surface area contributed by atoms with Crippen LogP contribution in [0.15, 0.2) is 24.8 Å². The molecule has 0 saturated carbocycles. The van der Waals surface area contributed by atoms with Crippen LogP contribution in [0.3, 0.4) is 0 Å². The van der Waals surface area contributed by atoms with Crippen molar-refractivity contribution in [2.75, 3.05) is 0 Å². The molecule has 0 unspecified atom stereocenters. The van der Waals surface area contributed by atoms with Crippen molar-refractivity contribution >= 4 is 17.1 Å². The third-order valence-corrected chi connectivity index (χ3v) is 2.68. The first-order chi connectivity index (χ1) is 5.27. The molecule has 0 atom stereocenters. The molecule has 11 heavy (non-hydrogen) atoms. The fraction of sp³-hybridized carbons (Fsp3) is 0.222. The maximum Gasteiger partial charge on any atom is 0.195 e. The molecule has 0 aliphatic carbocycles. The molecule has 0 fully saturated rings. The van der Waals surface area contributed by atoms with Gasteiger partial charge in [-0.1, -0.05) is 13.5 Å². The minimum atomic E-state index is 0.0229. The summed E-state index contributed by atoms with van der Waals surface area (Å²) in [5.41, 5.74) is 0. The van der Waals surface area contributed by atoms with Gasteiger partial charge >= 0.3 is 0 Å². The Morgan fingerprint density at radius 3 is 2.91 bits per heavy atom. The van der Waals surface area contributed by atoms with Gasteiger partial charge in [0, 0.05) is 4.88 Å². The van der Waals surface area contributed by atoms with Gasteiger partial charge in [-0.15, -0.1) is 11.3 Å². The van der Waals surface area contributed by atoms with Crippen molar-refractivity contribution in [3.05, 3.63) is 34.5 Å². The van der Waals surface area contributed by atoms with Gasteiger partial charge in [-0.25, -0.2) is 0 Å². The van der Waals surface area contributed by atoms with Gasteiger partial charge in [0.15, 0.2) is 5.78 Å². The van der Waals surface area contributed by atoms with E-state index in [9.17, 15) is 4.79 Å². The van der Waals surface area contributed by atoms with Gasteiger partial charge in [-0.05, 0) is 24.6 Å². The molecule has 0 saturated heterocycles. The monoisotopic (exact) mass is 166 g/mol. The average molecular weight is 166 g/mol. The molecule has 0 radical (unpaired) electrons. The van der Waals surface area contributed by atoms with E-state index in [1.807, 2.05) is 12.1 Å². The smallest absolute Gasteiger partial charge is 0.195 e. The normalized spacial score (nSPS) is 9.55. The molecule has 0 aliphatic heterocycles. The summed E-state index contributed by atoms with van der Waals surface area (Å²) in [5, 5.41) is 0. The third kappa shape index (κ3) is 1.77. The van der Waals surface area contributed by atoms with Crippen LogP contribution in [0.4, 0.5) is 0 Å². The molecule has 0 spiro atoms. The Morgan fingerprint density at radius 1 is 1.73 bits per heavy atom. The van der Waals surface area contributed by atoms with Crippen LogP contribution >= 0.6 is 11.3 Å². The Balaban J connectivity index is 2.88. The molecular formula is C9H10OS. The molecule has 1 aromatic heterocycles. The number of ketones is 1. The van der Waals surface area contributed by atoms with E-state index in [1.54, 1.807) is 11.3 Å². The highest BCUT2D eigenvalue weighted by atomic mass is 32.1. The van der Waals surface area contributed by atoms with Gasteiger partial charge in [-0.2, -0.15) is 0 Å². The second-order valence-corrected chi connectivity index (χ2v) is 3.36. The maximum absolute atomic E-state index is 11.0. The van der Waals surface area contributed by atoms with E-state index in [2.05, 4.69) is 13.5 Å². The number of hydrogen-bond donors (Lipinski definition) is 0. The Hall–Kier alpha value is -0.890. The molecule has 1 rings (SSSR count). The lowest BCUT2D eigenvalue weighted by Crippen LogP contribution is -1.86. The van der Waals surface area contributed by atoms with E-state index < -0.39 is 0 Å². The zero-order chi connectivity index (χ0) is 8.27. The highest BCUT2D eigenvalue weighted by Gasteiger charge is 2.03. The molecule has 0 N–H and O–H groups in total. The molecule has 58 valence electrons. The molecule has 0 bridgehead atoms. The van der Waals surface area contributed by atoms with Crippen LogP contribution < -0.4 is 0 Å². The number of carbonyl (C=O) groups excluding carboxylic acids is 1. The SMILES string of the molecule is C=CC(=O)c1ccc(CC)s1. The van der Waals surface area contributed by atoms with E-state index in [-0.39, 0.29) is 5.78 Å². The van der Waals surface area contributed by atoms with Crippen molar-refractivity contribution in [2.24, 2.45) is 0 Å². The third-order valence-electron chi connectivity index (χ3n) is 1.44. The van der Waals surface area contributed by atoms with Gasteiger partial charge in [0.1, 0.15) is 0 Å². The summed E-state index contributed by atoms with van der Waals surface area (Å²) in [6.45, 7) is 5.51. The van der Waals surface area contributed by atoms with Gasteiger partial charge < -0.3 is 0 Å². The van der Waals surface area contributed by atoms with E-state index >= 15 is 0 Å². The van der Waals surface area contributed by atoms with Crippen LogP contribution in [0.2, 0.25) is 0 Å². The Bertz CT molecular complexity index is 273. The quantitative estimate of drug-likeness (QED) is 0.498. The molecule has 1 heterocycles. The molecule has 1 aromatic rings. The largest absolute Gasteiger partial charge is 0.288 e. The minimum Gasteiger partial charge on any atom is -0.288 e. The summed E-state index contributed by atoms with van der Waals surface area (Å²) < 4.78 is 0. The molecule has 0 amide bonds. The predicted octanol–water partition coefficient (Wildman–Crippen LogP) is 2.68. The molecular weight excluding hydrogens is 156 g/mol. The Morgan fingerprint density at radius 2 is 2.45 bits per heavy atom. The van der Waals surface area contributed by atoms with E-state index in [4.69, 9.17) is 0 Å². The molecule has 2 heteroatoms. The Labute approximate surface area is 70.4 Å².